The number of nitrogens with two attached hydrogens (primary N) is 1. The van der Waals surface area contributed by atoms with Crippen molar-refractivity contribution in [2.24, 2.45) is 10.7 Å². The van der Waals surface area contributed by atoms with E-state index in [1.807, 2.05) is 24.3 Å². The molecule has 0 atom stereocenters. The highest BCUT2D eigenvalue weighted by atomic mass is 32.1. The molecule has 0 unspecified atom stereocenters. The van der Waals surface area contributed by atoms with Crippen LogP contribution in [0.1, 0.15) is 36.5 Å². The van der Waals surface area contributed by atoms with Crippen molar-refractivity contribution in [1.82, 2.24) is 4.90 Å². The molecule has 0 aromatic heterocycles. The Morgan fingerprint density at radius 1 is 1.21 bits per heavy atom. The van der Waals surface area contributed by atoms with E-state index in [0.29, 0.717) is 5.84 Å². The van der Waals surface area contributed by atoms with Gasteiger partial charge in [-0.2, -0.15) is 0 Å². The van der Waals surface area contributed by atoms with Gasteiger partial charge in [0.1, 0.15) is 5.84 Å². The average molecular weight is 340 g/mol. The normalized spacial score (nSPS) is 15.3. The summed E-state index contributed by atoms with van der Waals surface area (Å²) in [6, 6.07) is 14.2. The first-order valence-electron chi connectivity index (χ1n) is 8.64. The molecule has 0 radical (unpaired) electrons. The van der Waals surface area contributed by atoms with Gasteiger partial charge < -0.3 is 5.73 Å². The Hall–Kier alpha value is -1.78. The molecule has 126 valence electrons. The second kappa shape index (κ2) is 7.86. The maximum absolute atomic E-state index is 6.19. The molecular formula is C20H25N3S. The molecule has 0 fully saturated rings. The summed E-state index contributed by atoms with van der Waals surface area (Å²) in [5.74, 6) is 0.513. The molecule has 1 aliphatic rings. The molecule has 0 saturated heterocycles. The summed E-state index contributed by atoms with van der Waals surface area (Å²) in [5.41, 5.74) is 10.8. The van der Waals surface area contributed by atoms with E-state index in [1.54, 1.807) is 0 Å². The molecule has 1 aliphatic heterocycles. The Morgan fingerprint density at radius 2 is 2.04 bits per heavy atom. The van der Waals surface area contributed by atoms with Crippen LogP contribution in [0.2, 0.25) is 0 Å². The lowest BCUT2D eigenvalue weighted by molar-refractivity contribution is 0.250. The van der Waals surface area contributed by atoms with Crippen molar-refractivity contribution in [3.05, 3.63) is 59.2 Å². The van der Waals surface area contributed by atoms with Crippen LogP contribution in [0.15, 0.2) is 52.4 Å². The van der Waals surface area contributed by atoms with E-state index < -0.39 is 0 Å². The minimum absolute atomic E-state index is 0.513. The van der Waals surface area contributed by atoms with Gasteiger partial charge >= 0.3 is 0 Å². The van der Waals surface area contributed by atoms with Crippen molar-refractivity contribution in [2.75, 3.05) is 13.1 Å². The number of nitrogens with zero attached hydrogens (tertiary/aromatic N) is 2. The van der Waals surface area contributed by atoms with Gasteiger partial charge in [0, 0.05) is 23.5 Å². The molecule has 4 heteroatoms. The van der Waals surface area contributed by atoms with Crippen molar-refractivity contribution in [2.45, 2.75) is 37.6 Å². The summed E-state index contributed by atoms with van der Waals surface area (Å²) in [5, 5.41) is 0. The smallest absolute Gasteiger partial charge is 0.132 e. The minimum atomic E-state index is 0.513. The zero-order valence-electron chi connectivity index (χ0n) is 14.2. The number of hydrogen-bond donors (Lipinski definition) is 2. The van der Waals surface area contributed by atoms with Crippen LogP contribution in [0, 0.1) is 0 Å². The Labute approximate surface area is 150 Å². The molecular weight excluding hydrogens is 314 g/mol. The van der Waals surface area contributed by atoms with Gasteiger partial charge in [-0.3, -0.25) is 4.90 Å². The lowest BCUT2D eigenvalue weighted by Gasteiger charge is -2.28. The van der Waals surface area contributed by atoms with Crippen molar-refractivity contribution in [3.63, 3.8) is 0 Å². The third kappa shape index (κ3) is 4.00. The SMILES string of the molecule is CCCCN1CCc2ccc(N=C(N)c3ccccc3S)cc2C1. The van der Waals surface area contributed by atoms with Gasteiger partial charge in [-0.15, -0.1) is 12.6 Å². The highest BCUT2D eigenvalue weighted by Gasteiger charge is 2.16. The van der Waals surface area contributed by atoms with Crippen LogP contribution in [0.4, 0.5) is 5.69 Å². The summed E-state index contributed by atoms with van der Waals surface area (Å²) in [6.45, 7) is 5.60. The molecule has 3 rings (SSSR count). The van der Waals surface area contributed by atoms with Crippen LogP contribution in [0.5, 0.6) is 0 Å². The van der Waals surface area contributed by atoms with Crippen LogP contribution < -0.4 is 5.73 Å². The number of rotatable bonds is 5. The summed E-state index contributed by atoms with van der Waals surface area (Å²) in [6.07, 6.45) is 3.63. The minimum Gasteiger partial charge on any atom is -0.383 e. The van der Waals surface area contributed by atoms with E-state index in [9.17, 15) is 0 Å². The van der Waals surface area contributed by atoms with Crippen LogP contribution >= 0.6 is 12.6 Å². The predicted octanol–water partition coefficient (Wildman–Crippen LogP) is 4.17. The van der Waals surface area contributed by atoms with Crippen molar-refractivity contribution >= 4 is 24.2 Å². The fraction of sp³-hybridized carbons (Fsp3) is 0.350. The number of unbranched alkanes of at least 4 members (excludes halogenated alkanes) is 1. The van der Waals surface area contributed by atoms with Gasteiger partial charge in [-0.05, 0) is 48.7 Å². The molecule has 2 aromatic carbocycles. The average Bonchev–Trinajstić information content (AvgIpc) is 2.60. The molecule has 0 amide bonds. The first kappa shape index (κ1) is 17.1. The Kier molecular flexibility index (Phi) is 5.59. The fourth-order valence-electron chi connectivity index (χ4n) is 3.13. The summed E-state index contributed by atoms with van der Waals surface area (Å²) in [4.78, 5) is 8.00. The number of hydrogen-bond acceptors (Lipinski definition) is 3. The number of aliphatic imine (C=N–C) groups is 1. The second-order valence-electron chi connectivity index (χ2n) is 6.35. The molecule has 0 aliphatic carbocycles. The highest BCUT2D eigenvalue weighted by Crippen LogP contribution is 2.25. The highest BCUT2D eigenvalue weighted by molar-refractivity contribution is 7.80. The summed E-state index contributed by atoms with van der Waals surface area (Å²) in [7, 11) is 0. The molecule has 0 bridgehead atoms. The zero-order valence-corrected chi connectivity index (χ0v) is 15.1. The monoisotopic (exact) mass is 339 g/mol. The van der Waals surface area contributed by atoms with Gasteiger partial charge in [-0.1, -0.05) is 37.6 Å². The van der Waals surface area contributed by atoms with Crippen molar-refractivity contribution in [3.8, 4) is 0 Å². The van der Waals surface area contributed by atoms with Crippen molar-refractivity contribution in [1.29, 1.82) is 0 Å². The van der Waals surface area contributed by atoms with Gasteiger partial charge in [0.05, 0.1) is 5.69 Å². The third-order valence-corrected chi connectivity index (χ3v) is 4.93. The van der Waals surface area contributed by atoms with E-state index in [1.165, 1.54) is 30.5 Å². The summed E-state index contributed by atoms with van der Waals surface area (Å²) < 4.78 is 0. The Balaban J connectivity index is 1.81. The number of fused-ring (bicyclic) bond motifs is 1. The van der Waals surface area contributed by atoms with Gasteiger partial charge in [-0.25, -0.2) is 4.99 Å². The molecule has 24 heavy (non-hydrogen) atoms. The molecule has 3 nitrogen and oxygen atoms in total. The molecule has 2 aromatic rings. The largest absolute Gasteiger partial charge is 0.383 e. The first-order valence-corrected chi connectivity index (χ1v) is 9.08. The van der Waals surface area contributed by atoms with E-state index in [2.05, 4.69) is 47.6 Å². The van der Waals surface area contributed by atoms with E-state index >= 15 is 0 Å². The second-order valence-corrected chi connectivity index (χ2v) is 6.83. The van der Waals surface area contributed by atoms with Crippen LogP contribution in [-0.2, 0) is 13.0 Å². The Morgan fingerprint density at radius 3 is 2.83 bits per heavy atom. The maximum atomic E-state index is 6.19. The number of thiol groups is 1. The molecule has 2 N–H and O–H groups in total. The first-order chi connectivity index (χ1) is 11.7. The van der Waals surface area contributed by atoms with Gasteiger partial charge in [0.2, 0.25) is 0 Å². The molecule has 0 saturated carbocycles. The van der Waals surface area contributed by atoms with Crippen LogP contribution in [0.3, 0.4) is 0 Å². The lowest BCUT2D eigenvalue weighted by atomic mass is 9.99. The summed E-state index contributed by atoms with van der Waals surface area (Å²) >= 11 is 4.46. The number of amidine groups is 1. The molecule has 1 heterocycles. The van der Waals surface area contributed by atoms with Gasteiger partial charge in [0.25, 0.3) is 0 Å². The zero-order chi connectivity index (χ0) is 16.9. The van der Waals surface area contributed by atoms with Gasteiger partial charge in [0.15, 0.2) is 0 Å². The predicted molar refractivity (Wildman–Crippen MR) is 104 cm³/mol. The van der Waals surface area contributed by atoms with E-state index in [0.717, 1.165) is 35.7 Å². The third-order valence-electron chi connectivity index (χ3n) is 4.54. The Bertz CT molecular complexity index is 739. The van der Waals surface area contributed by atoms with E-state index in [4.69, 9.17) is 5.73 Å². The standard InChI is InChI=1S/C20H25N3S/c1-2-3-11-23-12-10-15-8-9-17(13-16(15)14-23)22-20(21)18-6-4-5-7-19(18)24/h4-9,13,24H,2-3,10-12,14H2,1H3,(H2,21,22). The van der Waals surface area contributed by atoms with E-state index in [-0.39, 0.29) is 0 Å². The van der Waals surface area contributed by atoms with Crippen LogP contribution in [-0.4, -0.2) is 23.8 Å². The fourth-order valence-corrected chi connectivity index (χ4v) is 3.41. The van der Waals surface area contributed by atoms with Crippen LogP contribution in [0.25, 0.3) is 0 Å². The lowest BCUT2D eigenvalue weighted by Crippen LogP contribution is -2.31. The molecule has 0 spiro atoms. The van der Waals surface area contributed by atoms with Crippen molar-refractivity contribution < 1.29 is 0 Å². The quantitative estimate of drug-likeness (QED) is 0.488. The number of benzene rings is 2. The topological polar surface area (TPSA) is 41.6 Å². The maximum Gasteiger partial charge on any atom is 0.132 e.